The summed E-state index contributed by atoms with van der Waals surface area (Å²) in [5.41, 5.74) is 3.00. The second-order valence-electron chi connectivity index (χ2n) is 5.99. The first kappa shape index (κ1) is 18.7. The molecule has 0 aromatic heterocycles. The smallest absolute Gasteiger partial charge is 0.124 e. The van der Waals surface area contributed by atoms with Crippen molar-refractivity contribution in [1.29, 1.82) is 0 Å². The molecule has 0 aliphatic rings. The van der Waals surface area contributed by atoms with Gasteiger partial charge in [0.05, 0.1) is 12.4 Å². The van der Waals surface area contributed by atoms with E-state index >= 15 is 0 Å². The van der Waals surface area contributed by atoms with Crippen molar-refractivity contribution < 1.29 is 5.11 Å². The summed E-state index contributed by atoms with van der Waals surface area (Å²) in [6.07, 6.45) is 11.4. The Morgan fingerprint density at radius 3 is 2.44 bits per heavy atom. The van der Waals surface area contributed by atoms with Gasteiger partial charge in [0, 0.05) is 5.56 Å². The maximum atomic E-state index is 9.73. The fourth-order valence-corrected chi connectivity index (χ4v) is 2.49. The minimum atomic E-state index is 0.209. The van der Waals surface area contributed by atoms with Crippen LogP contribution in [0.2, 0.25) is 0 Å². The SMILES string of the molecule is CCCCCCC(/C=N/N=C/c1ccccc1O)=C\c1ccccc1. The molecule has 25 heavy (non-hydrogen) atoms. The van der Waals surface area contributed by atoms with Gasteiger partial charge in [0.1, 0.15) is 5.75 Å². The van der Waals surface area contributed by atoms with Crippen LogP contribution >= 0.6 is 0 Å². The molecule has 3 heteroatoms. The summed E-state index contributed by atoms with van der Waals surface area (Å²) >= 11 is 0. The predicted octanol–water partition coefficient (Wildman–Crippen LogP) is 5.85. The lowest BCUT2D eigenvalue weighted by molar-refractivity contribution is 0.474. The van der Waals surface area contributed by atoms with Crippen molar-refractivity contribution in [1.82, 2.24) is 0 Å². The molecule has 2 aromatic carbocycles. The fourth-order valence-electron chi connectivity index (χ4n) is 2.49. The molecule has 2 rings (SSSR count). The van der Waals surface area contributed by atoms with Crippen LogP contribution in [-0.4, -0.2) is 17.5 Å². The number of para-hydroxylation sites is 1. The second-order valence-corrected chi connectivity index (χ2v) is 5.99. The van der Waals surface area contributed by atoms with E-state index in [0.717, 1.165) is 18.4 Å². The first-order valence-electron chi connectivity index (χ1n) is 8.89. The number of unbranched alkanes of at least 4 members (excludes halogenated alkanes) is 3. The van der Waals surface area contributed by atoms with Gasteiger partial charge in [-0.2, -0.15) is 10.2 Å². The van der Waals surface area contributed by atoms with Crippen molar-refractivity contribution in [2.75, 3.05) is 0 Å². The Morgan fingerprint density at radius 2 is 1.68 bits per heavy atom. The molecule has 0 fully saturated rings. The third-order valence-electron chi connectivity index (χ3n) is 3.89. The van der Waals surface area contributed by atoms with E-state index in [2.05, 4.69) is 35.3 Å². The number of allylic oxidation sites excluding steroid dienone is 1. The van der Waals surface area contributed by atoms with Gasteiger partial charge in [-0.1, -0.05) is 74.7 Å². The molecular formula is C22H26N2O. The summed E-state index contributed by atoms with van der Waals surface area (Å²) in [4.78, 5) is 0. The average Bonchev–Trinajstić information content (AvgIpc) is 2.64. The molecule has 0 saturated carbocycles. The van der Waals surface area contributed by atoms with Gasteiger partial charge in [0.15, 0.2) is 0 Å². The molecule has 130 valence electrons. The van der Waals surface area contributed by atoms with Gasteiger partial charge in [0.25, 0.3) is 0 Å². The summed E-state index contributed by atoms with van der Waals surface area (Å²) in [5, 5.41) is 18.0. The Balaban J connectivity index is 2.04. The van der Waals surface area contributed by atoms with Gasteiger partial charge < -0.3 is 5.11 Å². The summed E-state index contributed by atoms with van der Waals surface area (Å²) in [6, 6.07) is 17.4. The Kier molecular flexibility index (Phi) is 8.19. The zero-order chi connectivity index (χ0) is 17.7. The maximum absolute atomic E-state index is 9.73. The van der Waals surface area contributed by atoms with Crippen LogP contribution in [0, 0.1) is 0 Å². The van der Waals surface area contributed by atoms with E-state index in [-0.39, 0.29) is 5.75 Å². The van der Waals surface area contributed by atoms with E-state index in [1.54, 1.807) is 24.4 Å². The van der Waals surface area contributed by atoms with E-state index in [9.17, 15) is 5.11 Å². The van der Waals surface area contributed by atoms with Crippen molar-refractivity contribution in [3.05, 3.63) is 71.3 Å². The van der Waals surface area contributed by atoms with Gasteiger partial charge in [-0.3, -0.25) is 0 Å². The van der Waals surface area contributed by atoms with E-state index < -0.39 is 0 Å². The Labute approximate surface area is 150 Å². The highest BCUT2D eigenvalue weighted by Gasteiger charge is 1.97. The third kappa shape index (κ3) is 7.17. The summed E-state index contributed by atoms with van der Waals surface area (Å²) in [5.74, 6) is 0.209. The first-order valence-corrected chi connectivity index (χ1v) is 8.89. The summed E-state index contributed by atoms with van der Waals surface area (Å²) < 4.78 is 0. The van der Waals surface area contributed by atoms with E-state index in [0.29, 0.717) is 5.56 Å². The van der Waals surface area contributed by atoms with E-state index in [1.807, 2.05) is 30.5 Å². The zero-order valence-electron chi connectivity index (χ0n) is 14.8. The number of benzene rings is 2. The van der Waals surface area contributed by atoms with Gasteiger partial charge >= 0.3 is 0 Å². The van der Waals surface area contributed by atoms with Gasteiger partial charge in [0.2, 0.25) is 0 Å². The number of rotatable bonds is 9. The molecule has 2 aromatic rings. The van der Waals surface area contributed by atoms with Gasteiger partial charge in [-0.25, -0.2) is 0 Å². The van der Waals surface area contributed by atoms with Crippen LogP contribution in [0.4, 0.5) is 0 Å². The van der Waals surface area contributed by atoms with Crippen LogP contribution in [0.15, 0.2) is 70.4 Å². The number of hydrogen-bond acceptors (Lipinski definition) is 3. The van der Waals surface area contributed by atoms with Crippen molar-refractivity contribution in [3.8, 4) is 5.75 Å². The molecule has 0 spiro atoms. The third-order valence-corrected chi connectivity index (χ3v) is 3.89. The number of phenols is 1. The number of phenolic OH excluding ortho intramolecular Hbond substituents is 1. The van der Waals surface area contributed by atoms with Crippen LogP contribution in [0.5, 0.6) is 5.75 Å². The molecule has 0 aliphatic heterocycles. The summed E-state index contributed by atoms with van der Waals surface area (Å²) in [6.45, 7) is 2.22. The molecule has 0 aliphatic carbocycles. The Morgan fingerprint density at radius 1 is 0.920 bits per heavy atom. The molecule has 0 amide bonds. The lowest BCUT2D eigenvalue weighted by Crippen LogP contribution is -1.88. The highest BCUT2D eigenvalue weighted by Crippen LogP contribution is 2.14. The molecule has 0 bridgehead atoms. The molecule has 0 saturated heterocycles. The van der Waals surface area contributed by atoms with Crippen molar-refractivity contribution >= 4 is 18.5 Å². The molecule has 0 radical (unpaired) electrons. The van der Waals surface area contributed by atoms with Crippen LogP contribution in [0.25, 0.3) is 6.08 Å². The number of aromatic hydroxyl groups is 1. The normalized spacial score (nSPS) is 12.3. The second kappa shape index (κ2) is 11.0. The summed E-state index contributed by atoms with van der Waals surface area (Å²) in [7, 11) is 0. The van der Waals surface area contributed by atoms with Crippen LogP contribution in [0.3, 0.4) is 0 Å². The first-order chi connectivity index (χ1) is 12.3. The monoisotopic (exact) mass is 334 g/mol. The minimum absolute atomic E-state index is 0.209. The van der Waals surface area contributed by atoms with E-state index in [1.165, 1.54) is 24.8 Å². The molecular weight excluding hydrogens is 308 g/mol. The Hall–Kier alpha value is -2.68. The quantitative estimate of drug-likeness (QED) is 0.349. The maximum Gasteiger partial charge on any atom is 0.124 e. The van der Waals surface area contributed by atoms with Crippen LogP contribution < -0.4 is 0 Å². The van der Waals surface area contributed by atoms with Crippen molar-refractivity contribution in [2.24, 2.45) is 10.2 Å². The largest absolute Gasteiger partial charge is 0.507 e. The van der Waals surface area contributed by atoms with Crippen LogP contribution in [-0.2, 0) is 0 Å². The lowest BCUT2D eigenvalue weighted by atomic mass is 10.0. The molecule has 1 N–H and O–H groups in total. The standard InChI is InChI=1S/C22H26N2O/c1-2-3-4-6-13-20(16-19-11-7-5-8-12-19)17-23-24-18-21-14-9-10-15-22(21)25/h5,7-12,14-18,25H,2-4,6,13H2,1H3/b20-16+,23-17+,24-18+. The lowest BCUT2D eigenvalue weighted by Gasteiger charge is -2.02. The molecule has 0 heterocycles. The van der Waals surface area contributed by atoms with Crippen LogP contribution in [0.1, 0.15) is 50.2 Å². The predicted molar refractivity (Wildman–Crippen MR) is 107 cm³/mol. The van der Waals surface area contributed by atoms with Gasteiger partial charge in [-0.15, -0.1) is 0 Å². The topological polar surface area (TPSA) is 45.0 Å². The van der Waals surface area contributed by atoms with Crippen molar-refractivity contribution in [3.63, 3.8) is 0 Å². The highest BCUT2D eigenvalue weighted by molar-refractivity contribution is 5.87. The number of hydrogen-bond donors (Lipinski definition) is 1. The van der Waals surface area contributed by atoms with E-state index in [4.69, 9.17) is 0 Å². The van der Waals surface area contributed by atoms with Gasteiger partial charge in [-0.05, 0) is 36.1 Å². The zero-order valence-corrected chi connectivity index (χ0v) is 14.8. The fraction of sp³-hybridized carbons (Fsp3) is 0.273. The highest BCUT2D eigenvalue weighted by atomic mass is 16.3. The molecule has 0 atom stereocenters. The average molecular weight is 334 g/mol. The Bertz CT molecular complexity index is 718. The molecule has 3 nitrogen and oxygen atoms in total. The molecule has 0 unspecified atom stereocenters. The number of nitrogens with zero attached hydrogens (tertiary/aromatic N) is 2. The minimum Gasteiger partial charge on any atom is -0.507 e. The van der Waals surface area contributed by atoms with Crippen molar-refractivity contribution in [2.45, 2.75) is 39.0 Å².